The van der Waals surface area contributed by atoms with Gasteiger partial charge in [-0.1, -0.05) is 39.5 Å². The molecule has 1 rings (SSSR count). The van der Waals surface area contributed by atoms with Crippen molar-refractivity contribution in [3.8, 4) is 0 Å². The van der Waals surface area contributed by atoms with Gasteiger partial charge < -0.3 is 20.3 Å². The van der Waals surface area contributed by atoms with E-state index in [0.29, 0.717) is 10.2 Å². The van der Waals surface area contributed by atoms with Crippen LogP contribution < -0.4 is 5.32 Å². The van der Waals surface area contributed by atoms with Crippen molar-refractivity contribution >= 4 is 27.7 Å². The number of amides is 1. The van der Waals surface area contributed by atoms with Gasteiger partial charge in [0, 0.05) is 12.6 Å². The van der Waals surface area contributed by atoms with Gasteiger partial charge in [0.15, 0.2) is 0 Å². The molecule has 0 aliphatic carbocycles. The van der Waals surface area contributed by atoms with Gasteiger partial charge in [-0.2, -0.15) is 4.68 Å². The predicted octanol–water partition coefficient (Wildman–Crippen LogP) is 4.05. The summed E-state index contributed by atoms with van der Waals surface area (Å²) in [6.45, 7) is 11.0. The van der Waals surface area contributed by atoms with E-state index < -0.39 is 4.92 Å². The molecule has 0 aromatic carbocycles. The van der Waals surface area contributed by atoms with Crippen molar-refractivity contribution in [2.75, 3.05) is 19.6 Å². The van der Waals surface area contributed by atoms with Crippen molar-refractivity contribution in [2.24, 2.45) is 0 Å². The lowest BCUT2D eigenvalue weighted by molar-refractivity contribution is -0.390. The molecular formula is C19H34BrN5O3. The van der Waals surface area contributed by atoms with E-state index in [0.717, 1.165) is 19.6 Å². The van der Waals surface area contributed by atoms with Crippen molar-refractivity contribution in [1.29, 1.82) is 0 Å². The third-order valence-electron chi connectivity index (χ3n) is 4.68. The second-order valence-corrected chi connectivity index (χ2v) is 8.11. The first kappa shape index (κ1) is 24.6. The normalized spacial score (nSPS) is 12.4. The van der Waals surface area contributed by atoms with E-state index in [1.54, 1.807) is 6.92 Å². The molecule has 0 fully saturated rings. The van der Waals surface area contributed by atoms with Crippen LogP contribution in [0, 0.1) is 17.0 Å². The molecule has 0 saturated heterocycles. The number of unbranched alkanes of at least 4 members (excludes halogenated alkanes) is 4. The van der Waals surface area contributed by atoms with Crippen molar-refractivity contribution in [3.63, 3.8) is 0 Å². The van der Waals surface area contributed by atoms with Gasteiger partial charge in [0.1, 0.15) is 11.0 Å². The van der Waals surface area contributed by atoms with Gasteiger partial charge in [-0.3, -0.25) is 4.79 Å². The van der Waals surface area contributed by atoms with Crippen LogP contribution in [0.4, 0.5) is 5.82 Å². The Morgan fingerprint density at radius 3 is 2.29 bits per heavy atom. The molecule has 1 unspecified atom stereocenters. The highest BCUT2D eigenvalue weighted by Gasteiger charge is 2.25. The molecule has 0 bridgehead atoms. The molecule has 160 valence electrons. The van der Waals surface area contributed by atoms with Crippen molar-refractivity contribution in [1.82, 2.24) is 20.0 Å². The van der Waals surface area contributed by atoms with Crippen LogP contribution in [0.5, 0.6) is 0 Å². The second kappa shape index (κ2) is 12.9. The van der Waals surface area contributed by atoms with Crippen molar-refractivity contribution < 1.29 is 9.72 Å². The molecule has 1 N–H and O–H groups in total. The van der Waals surface area contributed by atoms with Crippen LogP contribution in [0.3, 0.4) is 0 Å². The Morgan fingerprint density at radius 2 is 1.82 bits per heavy atom. The molecule has 0 aliphatic heterocycles. The summed E-state index contributed by atoms with van der Waals surface area (Å²) in [6.07, 6.45) is 7.18. The largest absolute Gasteiger partial charge is 0.404 e. The highest BCUT2D eigenvalue weighted by Crippen LogP contribution is 2.26. The van der Waals surface area contributed by atoms with E-state index >= 15 is 0 Å². The summed E-state index contributed by atoms with van der Waals surface area (Å²) in [5.74, 6) is -0.459. The van der Waals surface area contributed by atoms with Crippen LogP contribution in [0.1, 0.15) is 65.0 Å². The Kier molecular flexibility index (Phi) is 11.3. The minimum atomic E-state index is -0.557. The molecular weight excluding hydrogens is 426 g/mol. The third-order valence-corrected chi connectivity index (χ3v) is 5.61. The fourth-order valence-corrected chi connectivity index (χ4v) is 3.56. The fourth-order valence-electron chi connectivity index (χ4n) is 3.13. The number of carbonyl (C=O) groups excluding carboxylic acids is 1. The van der Waals surface area contributed by atoms with Crippen LogP contribution in [-0.2, 0) is 11.3 Å². The first-order valence-corrected chi connectivity index (χ1v) is 11.0. The molecule has 0 radical (unpaired) electrons. The van der Waals surface area contributed by atoms with Crippen LogP contribution in [-0.4, -0.2) is 51.2 Å². The Labute approximate surface area is 176 Å². The van der Waals surface area contributed by atoms with E-state index in [1.165, 1.54) is 43.2 Å². The molecule has 0 aliphatic rings. The number of aromatic nitrogens is 2. The lowest BCUT2D eigenvalue weighted by Gasteiger charge is -2.26. The number of hydrogen-bond donors (Lipinski definition) is 1. The van der Waals surface area contributed by atoms with Gasteiger partial charge in [0.05, 0.1) is 10.8 Å². The van der Waals surface area contributed by atoms with Crippen molar-refractivity contribution in [3.05, 3.63) is 20.3 Å². The number of hydrogen-bond acceptors (Lipinski definition) is 5. The van der Waals surface area contributed by atoms with Crippen LogP contribution in [0.25, 0.3) is 0 Å². The zero-order valence-electron chi connectivity index (χ0n) is 17.5. The van der Waals surface area contributed by atoms with Gasteiger partial charge in [-0.05, 0) is 60.6 Å². The summed E-state index contributed by atoms with van der Waals surface area (Å²) in [6, 6.07) is 0.00467. The monoisotopic (exact) mass is 459 g/mol. The molecule has 8 nitrogen and oxygen atoms in total. The molecule has 0 saturated carbocycles. The Balaban J connectivity index is 2.58. The minimum Gasteiger partial charge on any atom is -0.358 e. The van der Waals surface area contributed by atoms with E-state index in [-0.39, 0.29) is 24.3 Å². The third kappa shape index (κ3) is 8.26. The standard InChI is InChI=1S/C19H34BrN5O3/c1-5-7-9-11-23(12-10-8-6-2)13-15(3)21-17(26)14-24-16(4)18(20)19(22-24)25(27)28/h15H,5-14H2,1-4H3,(H,21,26). The highest BCUT2D eigenvalue weighted by molar-refractivity contribution is 9.10. The lowest BCUT2D eigenvalue weighted by atomic mass is 10.2. The van der Waals surface area contributed by atoms with E-state index in [2.05, 4.69) is 45.1 Å². The fraction of sp³-hybridized carbons (Fsp3) is 0.789. The number of halogens is 1. The Morgan fingerprint density at radius 1 is 1.25 bits per heavy atom. The van der Waals surface area contributed by atoms with E-state index in [4.69, 9.17) is 0 Å². The molecule has 1 amide bonds. The van der Waals surface area contributed by atoms with Gasteiger partial charge in [0.2, 0.25) is 5.91 Å². The summed E-state index contributed by atoms with van der Waals surface area (Å²) in [5, 5.41) is 17.9. The zero-order valence-corrected chi connectivity index (χ0v) is 19.1. The zero-order chi connectivity index (χ0) is 21.1. The summed E-state index contributed by atoms with van der Waals surface area (Å²) in [4.78, 5) is 25.2. The number of nitrogens with zero attached hydrogens (tertiary/aromatic N) is 4. The molecule has 0 spiro atoms. The quantitative estimate of drug-likeness (QED) is 0.257. The maximum atomic E-state index is 12.4. The van der Waals surface area contributed by atoms with Gasteiger partial charge in [0.25, 0.3) is 0 Å². The number of nitrogens with one attached hydrogen (secondary N) is 1. The van der Waals surface area contributed by atoms with Gasteiger partial charge >= 0.3 is 5.82 Å². The lowest BCUT2D eigenvalue weighted by Crippen LogP contribution is -2.43. The smallest absolute Gasteiger partial charge is 0.358 e. The minimum absolute atomic E-state index is 0.00467. The van der Waals surface area contributed by atoms with Gasteiger partial charge in [-0.25, -0.2) is 0 Å². The summed E-state index contributed by atoms with van der Waals surface area (Å²) >= 11 is 3.17. The maximum Gasteiger partial charge on any atom is 0.404 e. The van der Waals surface area contributed by atoms with Crippen LogP contribution in [0.2, 0.25) is 0 Å². The predicted molar refractivity (Wildman–Crippen MR) is 114 cm³/mol. The van der Waals surface area contributed by atoms with Crippen LogP contribution in [0.15, 0.2) is 4.47 Å². The number of rotatable bonds is 14. The summed E-state index contributed by atoms with van der Waals surface area (Å²) in [5.41, 5.74) is 0.565. The van der Waals surface area contributed by atoms with Crippen LogP contribution >= 0.6 is 15.9 Å². The average Bonchev–Trinajstić information content (AvgIpc) is 2.90. The molecule has 1 aromatic rings. The first-order chi connectivity index (χ1) is 13.3. The highest BCUT2D eigenvalue weighted by atomic mass is 79.9. The summed E-state index contributed by atoms with van der Waals surface area (Å²) in [7, 11) is 0. The molecule has 1 atom stereocenters. The van der Waals surface area contributed by atoms with Gasteiger partial charge in [-0.15, -0.1) is 0 Å². The molecule has 1 aromatic heterocycles. The van der Waals surface area contributed by atoms with E-state index in [9.17, 15) is 14.9 Å². The molecule has 9 heteroatoms. The number of nitro groups is 1. The average molecular weight is 460 g/mol. The van der Waals surface area contributed by atoms with Crippen molar-refractivity contribution in [2.45, 2.75) is 78.8 Å². The Hall–Kier alpha value is -1.48. The molecule has 28 heavy (non-hydrogen) atoms. The second-order valence-electron chi connectivity index (χ2n) is 7.32. The first-order valence-electron chi connectivity index (χ1n) is 10.2. The van der Waals surface area contributed by atoms with E-state index in [1.807, 2.05) is 6.92 Å². The SMILES string of the molecule is CCCCCN(CCCCC)CC(C)NC(=O)Cn1nc([N+](=O)[O-])c(Br)c1C. The topological polar surface area (TPSA) is 93.3 Å². The summed E-state index contributed by atoms with van der Waals surface area (Å²) < 4.78 is 1.68. The molecule has 1 heterocycles. The Bertz CT molecular complexity index is 625. The number of carbonyl (C=O) groups is 1. The maximum absolute atomic E-state index is 12.4.